The molecule has 2 rings (SSSR count). The molecule has 2 fully saturated rings. The third-order valence-electron chi connectivity index (χ3n) is 1.94. The molecule has 94 valence electrons. The molecular formula is C15H16FeO2+2. The standard InChI is InChI=1S/C10H11O2.C5H5.Fe/c1-9(11)12-8-4-7-10-5-2-3-6-10;1-2-4-5-3-1;/h2-7H,8H2,1H3;1-5H;/q;;+2/b7-4+;;. The number of hydrogen-bond acceptors (Lipinski definition) is 2. The normalized spacial score (nSPS) is 19.2. The van der Waals surface area contributed by atoms with Gasteiger partial charge in [-0.05, 0) is 57.8 Å². The summed E-state index contributed by atoms with van der Waals surface area (Å²) in [5, 5.41) is 0. The van der Waals surface area contributed by atoms with Crippen LogP contribution in [-0.4, -0.2) is 12.6 Å². The Kier molecular flexibility index (Phi) is 11.6. The molecule has 18 heavy (non-hydrogen) atoms. The van der Waals surface area contributed by atoms with Gasteiger partial charge in [0.2, 0.25) is 0 Å². The van der Waals surface area contributed by atoms with Crippen molar-refractivity contribution in [2.45, 2.75) is 6.92 Å². The van der Waals surface area contributed by atoms with Crippen molar-refractivity contribution < 1.29 is 26.6 Å². The molecule has 3 heteroatoms. The van der Waals surface area contributed by atoms with Crippen LogP contribution in [0, 0.1) is 63.7 Å². The zero-order valence-corrected chi connectivity index (χ0v) is 11.3. The van der Waals surface area contributed by atoms with Crippen molar-refractivity contribution in [2.75, 3.05) is 6.61 Å². The fraction of sp³-hybridized carbons (Fsp3) is 0.133. The maximum atomic E-state index is 10.3. The molecular weight excluding hydrogens is 268 g/mol. The van der Waals surface area contributed by atoms with Gasteiger partial charge in [0, 0.05) is 12.8 Å². The van der Waals surface area contributed by atoms with E-state index in [-0.39, 0.29) is 23.0 Å². The van der Waals surface area contributed by atoms with Crippen LogP contribution in [0.2, 0.25) is 0 Å². The quantitative estimate of drug-likeness (QED) is 0.588. The monoisotopic (exact) mass is 284 g/mol. The molecule has 0 N–H and O–H groups in total. The average molecular weight is 284 g/mol. The maximum Gasteiger partial charge on any atom is 2.00 e. The maximum absolute atomic E-state index is 10.3. The second kappa shape index (κ2) is 11.8. The van der Waals surface area contributed by atoms with Crippen molar-refractivity contribution in [3.05, 3.63) is 75.9 Å². The van der Waals surface area contributed by atoms with Crippen molar-refractivity contribution in [1.29, 1.82) is 0 Å². The van der Waals surface area contributed by atoms with E-state index in [2.05, 4.69) is 0 Å². The first kappa shape index (κ1) is 17.7. The minimum atomic E-state index is -0.248. The first-order chi connectivity index (χ1) is 8.29. The largest absolute Gasteiger partial charge is 2.00 e. The number of allylic oxidation sites excluding steroid dienone is 1. The van der Waals surface area contributed by atoms with Gasteiger partial charge in [-0.2, -0.15) is 0 Å². The molecule has 0 atom stereocenters. The Hall–Kier alpha value is -0.271. The molecule has 10 radical (unpaired) electrons. The Labute approximate surface area is 122 Å². The van der Waals surface area contributed by atoms with E-state index in [0.29, 0.717) is 6.61 Å². The molecule has 2 saturated carbocycles. The molecule has 2 aliphatic carbocycles. The number of carbonyl (C=O) groups excluding carboxylic acids is 1. The smallest absolute Gasteiger partial charge is 0.462 e. The summed E-state index contributed by atoms with van der Waals surface area (Å²) in [5.74, 6) is 0.879. The van der Waals surface area contributed by atoms with Crippen molar-refractivity contribution in [3.63, 3.8) is 0 Å². The van der Waals surface area contributed by atoms with Gasteiger partial charge in [0.1, 0.15) is 6.61 Å². The van der Waals surface area contributed by atoms with Gasteiger partial charge >= 0.3 is 23.0 Å². The Bertz CT molecular complexity index is 221. The Morgan fingerprint density at radius 1 is 1.06 bits per heavy atom. The molecule has 0 unspecified atom stereocenters. The Morgan fingerprint density at radius 2 is 1.56 bits per heavy atom. The van der Waals surface area contributed by atoms with E-state index in [1.54, 1.807) is 0 Å². The van der Waals surface area contributed by atoms with Crippen LogP contribution in [0.15, 0.2) is 12.2 Å². The summed E-state index contributed by atoms with van der Waals surface area (Å²) >= 11 is 0. The minimum absolute atomic E-state index is 0. The Balaban J connectivity index is 0.000000405. The summed E-state index contributed by atoms with van der Waals surface area (Å²) < 4.78 is 4.71. The summed E-state index contributed by atoms with van der Waals surface area (Å²) in [4.78, 5) is 10.3. The van der Waals surface area contributed by atoms with E-state index < -0.39 is 0 Å². The minimum Gasteiger partial charge on any atom is -0.462 e. The van der Waals surface area contributed by atoms with Gasteiger partial charge < -0.3 is 4.74 Å². The fourth-order valence-corrected chi connectivity index (χ4v) is 1.17. The van der Waals surface area contributed by atoms with Crippen LogP contribution >= 0.6 is 0 Å². The molecule has 2 aliphatic rings. The topological polar surface area (TPSA) is 26.3 Å². The van der Waals surface area contributed by atoms with Crippen molar-refractivity contribution in [2.24, 2.45) is 0 Å². The SMILES string of the molecule is CC(=O)OC/C=C/[C]1[CH][CH][CH][CH]1.[CH]1[CH][CH][CH][CH]1.[Fe+2]. The van der Waals surface area contributed by atoms with E-state index in [1.165, 1.54) is 6.92 Å². The number of rotatable bonds is 3. The number of esters is 1. The van der Waals surface area contributed by atoms with E-state index in [0.717, 1.165) is 5.92 Å². The van der Waals surface area contributed by atoms with Gasteiger partial charge in [-0.1, -0.05) is 12.2 Å². The summed E-state index contributed by atoms with van der Waals surface area (Å²) in [6, 6.07) is 0. The summed E-state index contributed by atoms with van der Waals surface area (Å²) in [6.07, 6.45) is 21.6. The second-order valence-corrected chi connectivity index (χ2v) is 3.39. The molecule has 0 aliphatic heterocycles. The van der Waals surface area contributed by atoms with E-state index >= 15 is 0 Å². The summed E-state index contributed by atoms with van der Waals surface area (Å²) in [6.45, 7) is 1.75. The van der Waals surface area contributed by atoms with Gasteiger partial charge in [0.05, 0.1) is 0 Å². The molecule has 0 aromatic rings. The molecule has 0 bridgehead atoms. The van der Waals surface area contributed by atoms with Gasteiger partial charge in [-0.3, -0.25) is 4.79 Å². The van der Waals surface area contributed by atoms with Crippen LogP contribution in [0.5, 0.6) is 0 Å². The third-order valence-corrected chi connectivity index (χ3v) is 1.94. The van der Waals surface area contributed by atoms with Gasteiger partial charge in [-0.25, -0.2) is 0 Å². The van der Waals surface area contributed by atoms with Crippen LogP contribution in [-0.2, 0) is 26.6 Å². The van der Waals surface area contributed by atoms with Gasteiger partial charge in [0.25, 0.3) is 0 Å². The van der Waals surface area contributed by atoms with Crippen LogP contribution in [0.25, 0.3) is 0 Å². The van der Waals surface area contributed by atoms with Crippen LogP contribution < -0.4 is 0 Å². The van der Waals surface area contributed by atoms with Crippen LogP contribution in [0.4, 0.5) is 0 Å². The van der Waals surface area contributed by atoms with Crippen LogP contribution in [0.3, 0.4) is 0 Å². The molecule has 0 amide bonds. The second-order valence-electron chi connectivity index (χ2n) is 3.39. The molecule has 0 saturated heterocycles. The summed E-state index contributed by atoms with van der Waals surface area (Å²) in [7, 11) is 0. The molecule has 0 aromatic carbocycles. The van der Waals surface area contributed by atoms with Gasteiger partial charge in [0.15, 0.2) is 0 Å². The van der Waals surface area contributed by atoms with Crippen LogP contribution in [0.1, 0.15) is 6.92 Å². The number of hydrogen-bond donors (Lipinski definition) is 0. The first-order valence-electron chi connectivity index (χ1n) is 5.47. The predicted molar refractivity (Wildman–Crippen MR) is 67.7 cm³/mol. The third kappa shape index (κ3) is 9.73. The number of carbonyl (C=O) groups is 1. The van der Waals surface area contributed by atoms with E-state index in [9.17, 15) is 4.79 Å². The zero-order chi connectivity index (χ0) is 12.3. The van der Waals surface area contributed by atoms with Gasteiger partial charge in [-0.15, -0.1) is 0 Å². The Morgan fingerprint density at radius 3 is 2.00 bits per heavy atom. The van der Waals surface area contributed by atoms with Crippen molar-refractivity contribution >= 4 is 5.97 Å². The van der Waals surface area contributed by atoms with E-state index in [1.807, 2.05) is 69.9 Å². The zero-order valence-electron chi connectivity index (χ0n) is 10.2. The molecule has 0 spiro atoms. The van der Waals surface area contributed by atoms with Crippen molar-refractivity contribution in [1.82, 2.24) is 0 Å². The predicted octanol–water partition coefficient (Wildman–Crippen LogP) is 2.53. The number of ether oxygens (including phenoxy) is 1. The summed E-state index contributed by atoms with van der Waals surface area (Å²) in [5.41, 5.74) is 0. The molecule has 2 nitrogen and oxygen atoms in total. The van der Waals surface area contributed by atoms with E-state index in [4.69, 9.17) is 4.74 Å². The fourth-order valence-electron chi connectivity index (χ4n) is 1.17. The van der Waals surface area contributed by atoms with Crippen molar-refractivity contribution in [3.8, 4) is 0 Å². The average Bonchev–Trinajstić information content (AvgIpc) is 2.99. The first-order valence-corrected chi connectivity index (χ1v) is 5.47. The molecule has 0 aromatic heterocycles. The molecule has 0 heterocycles.